The molecule has 4 nitrogen and oxygen atoms in total. The number of aromatic nitrogens is 2. The van der Waals surface area contributed by atoms with Gasteiger partial charge in [0.05, 0.1) is 23.7 Å². The summed E-state index contributed by atoms with van der Waals surface area (Å²) >= 11 is 0. The third-order valence-corrected chi connectivity index (χ3v) is 3.41. The van der Waals surface area contributed by atoms with Crippen molar-refractivity contribution in [3.8, 4) is 0 Å². The highest BCUT2D eigenvalue weighted by Crippen LogP contribution is 2.19. The summed E-state index contributed by atoms with van der Waals surface area (Å²) in [6, 6.07) is 8.37. The van der Waals surface area contributed by atoms with Crippen LogP contribution in [0, 0.1) is 0 Å². The third kappa shape index (κ3) is 2.40. The van der Waals surface area contributed by atoms with Gasteiger partial charge in [-0.05, 0) is 25.5 Å². The molecule has 98 valence electrons. The number of aliphatic hydroxyl groups excluding tert-OH is 1. The third-order valence-electron chi connectivity index (χ3n) is 3.41. The molecule has 1 aromatic heterocycles. The Bertz CT molecular complexity index is 517. The van der Waals surface area contributed by atoms with Crippen LogP contribution < -0.4 is 5.32 Å². The quantitative estimate of drug-likeness (QED) is 0.849. The molecular formula is C14H21N3O. The van der Waals surface area contributed by atoms with Gasteiger partial charge in [0.1, 0.15) is 5.82 Å². The number of benzene rings is 1. The van der Waals surface area contributed by atoms with Gasteiger partial charge >= 0.3 is 0 Å². The smallest absolute Gasteiger partial charge is 0.126 e. The van der Waals surface area contributed by atoms with Crippen LogP contribution in [0.1, 0.15) is 32.1 Å². The molecule has 0 amide bonds. The fourth-order valence-corrected chi connectivity index (χ4v) is 2.28. The average molecular weight is 247 g/mol. The molecule has 0 aliphatic heterocycles. The number of rotatable bonds is 5. The van der Waals surface area contributed by atoms with Crippen molar-refractivity contribution in [2.24, 2.45) is 7.05 Å². The summed E-state index contributed by atoms with van der Waals surface area (Å²) in [4.78, 5) is 4.65. The number of hydrogen-bond acceptors (Lipinski definition) is 3. The van der Waals surface area contributed by atoms with E-state index in [-0.39, 0.29) is 18.7 Å². The molecule has 0 bridgehead atoms. The number of aryl methyl sites for hydroxylation is 1. The second-order valence-corrected chi connectivity index (χ2v) is 4.69. The second-order valence-electron chi connectivity index (χ2n) is 4.69. The second kappa shape index (κ2) is 5.50. The molecule has 18 heavy (non-hydrogen) atoms. The minimum atomic E-state index is 0.125. The van der Waals surface area contributed by atoms with Crippen molar-refractivity contribution in [1.82, 2.24) is 14.9 Å². The van der Waals surface area contributed by atoms with Gasteiger partial charge in [-0.25, -0.2) is 4.98 Å². The van der Waals surface area contributed by atoms with E-state index in [1.54, 1.807) is 0 Å². The van der Waals surface area contributed by atoms with Gasteiger partial charge in [-0.1, -0.05) is 19.1 Å². The summed E-state index contributed by atoms with van der Waals surface area (Å²) in [6.07, 6.45) is 0.908. The van der Waals surface area contributed by atoms with Crippen LogP contribution in [0.2, 0.25) is 0 Å². The summed E-state index contributed by atoms with van der Waals surface area (Å²) in [7, 11) is 2.03. The Labute approximate surface area is 108 Å². The van der Waals surface area contributed by atoms with Gasteiger partial charge < -0.3 is 15.0 Å². The highest BCUT2D eigenvalue weighted by Gasteiger charge is 2.16. The summed E-state index contributed by atoms with van der Waals surface area (Å²) in [5.41, 5.74) is 2.15. The fourth-order valence-electron chi connectivity index (χ4n) is 2.28. The van der Waals surface area contributed by atoms with E-state index >= 15 is 0 Å². The lowest BCUT2D eigenvalue weighted by Crippen LogP contribution is -2.34. The van der Waals surface area contributed by atoms with E-state index in [0.717, 1.165) is 23.3 Å². The molecule has 0 saturated carbocycles. The molecular weight excluding hydrogens is 226 g/mol. The predicted octanol–water partition coefficient (Wildman–Crippen LogP) is 1.99. The largest absolute Gasteiger partial charge is 0.395 e. The number of para-hydroxylation sites is 2. The van der Waals surface area contributed by atoms with Crippen LogP contribution in [-0.2, 0) is 7.05 Å². The highest BCUT2D eigenvalue weighted by molar-refractivity contribution is 5.75. The van der Waals surface area contributed by atoms with Crippen LogP contribution in [0.25, 0.3) is 11.0 Å². The topological polar surface area (TPSA) is 50.1 Å². The standard InChI is InChI=1S/C14H21N3O/c1-4-11(9-18)15-10(2)14-16-12-7-5-6-8-13(12)17(14)3/h5-8,10-11,15,18H,4,9H2,1-3H3/t10?,11-/m1/s1. The molecule has 0 spiro atoms. The minimum absolute atomic E-state index is 0.125. The lowest BCUT2D eigenvalue weighted by molar-refractivity contribution is 0.228. The number of hydrogen-bond donors (Lipinski definition) is 2. The highest BCUT2D eigenvalue weighted by atomic mass is 16.3. The molecule has 0 radical (unpaired) electrons. The number of fused-ring (bicyclic) bond motifs is 1. The lowest BCUT2D eigenvalue weighted by Gasteiger charge is -2.20. The maximum absolute atomic E-state index is 9.24. The minimum Gasteiger partial charge on any atom is -0.395 e. The molecule has 2 N–H and O–H groups in total. The molecule has 1 aromatic carbocycles. The Hall–Kier alpha value is -1.39. The van der Waals surface area contributed by atoms with E-state index in [4.69, 9.17) is 0 Å². The van der Waals surface area contributed by atoms with Crippen LogP contribution in [0.3, 0.4) is 0 Å². The number of imidazole rings is 1. The number of nitrogens with one attached hydrogen (secondary N) is 1. The van der Waals surface area contributed by atoms with E-state index < -0.39 is 0 Å². The van der Waals surface area contributed by atoms with E-state index in [2.05, 4.69) is 34.8 Å². The van der Waals surface area contributed by atoms with Crippen LogP contribution in [-0.4, -0.2) is 27.3 Å². The first-order valence-corrected chi connectivity index (χ1v) is 6.45. The predicted molar refractivity (Wildman–Crippen MR) is 73.4 cm³/mol. The normalized spacial score (nSPS) is 14.9. The van der Waals surface area contributed by atoms with Gasteiger partial charge in [-0.3, -0.25) is 0 Å². The molecule has 0 fully saturated rings. The molecule has 2 rings (SSSR count). The first kappa shape index (κ1) is 13.1. The van der Waals surface area contributed by atoms with Crippen molar-refractivity contribution in [3.63, 3.8) is 0 Å². The van der Waals surface area contributed by atoms with Gasteiger partial charge in [0.15, 0.2) is 0 Å². The molecule has 1 heterocycles. The molecule has 0 aliphatic rings. The van der Waals surface area contributed by atoms with E-state index in [1.165, 1.54) is 0 Å². The van der Waals surface area contributed by atoms with Crippen molar-refractivity contribution in [2.75, 3.05) is 6.61 Å². The van der Waals surface area contributed by atoms with Crippen molar-refractivity contribution < 1.29 is 5.11 Å². The molecule has 2 atom stereocenters. The average Bonchev–Trinajstić information content (AvgIpc) is 2.74. The Morgan fingerprint density at radius 3 is 2.72 bits per heavy atom. The maximum atomic E-state index is 9.24. The van der Waals surface area contributed by atoms with E-state index in [1.807, 2.05) is 25.2 Å². The van der Waals surface area contributed by atoms with Gasteiger partial charge in [-0.15, -0.1) is 0 Å². The summed E-state index contributed by atoms with van der Waals surface area (Å²) < 4.78 is 2.11. The number of aliphatic hydroxyl groups is 1. The Morgan fingerprint density at radius 2 is 2.11 bits per heavy atom. The number of nitrogens with zero attached hydrogens (tertiary/aromatic N) is 2. The van der Waals surface area contributed by atoms with Gasteiger partial charge in [0.25, 0.3) is 0 Å². The molecule has 0 saturated heterocycles. The molecule has 4 heteroatoms. The first-order chi connectivity index (χ1) is 8.67. The fraction of sp³-hybridized carbons (Fsp3) is 0.500. The summed E-state index contributed by atoms with van der Waals surface area (Å²) in [5, 5.41) is 12.6. The van der Waals surface area contributed by atoms with Gasteiger partial charge in [0.2, 0.25) is 0 Å². The summed E-state index contributed by atoms with van der Waals surface area (Å²) in [5.74, 6) is 1.00. The van der Waals surface area contributed by atoms with Gasteiger partial charge in [0, 0.05) is 13.1 Å². The van der Waals surface area contributed by atoms with Crippen molar-refractivity contribution in [1.29, 1.82) is 0 Å². The van der Waals surface area contributed by atoms with Crippen LogP contribution >= 0.6 is 0 Å². The Kier molecular flexibility index (Phi) is 3.99. The van der Waals surface area contributed by atoms with Crippen LogP contribution in [0.4, 0.5) is 0 Å². The zero-order valence-corrected chi connectivity index (χ0v) is 11.2. The lowest BCUT2D eigenvalue weighted by atomic mass is 10.2. The Balaban J connectivity index is 2.27. The van der Waals surface area contributed by atoms with Crippen molar-refractivity contribution in [3.05, 3.63) is 30.1 Å². The SMILES string of the molecule is CC[C@H](CO)NC(C)c1nc2ccccc2n1C. The zero-order chi connectivity index (χ0) is 13.1. The van der Waals surface area contributed by atoms with E-state index in [9.17, 15) is 5.11 Å². The van der Waals surface area contributed by atoms with Crippen molar-refractivity contribution >= 4 is 11.0 Å². The van der Waals surface area contributed by atoms with Crippen LogP contribution in [0.5, 0.6) is 0 Å². The van der Waals surface area contributed by atoms with Gasteiger partial charge in [-0.2, -0.15) is 0 Å². The monoisotopic (exact) mass is 247 g/mol. The summed E-state index contributed by atoms with van der Waals surface area (Å²) in [6.45, 7) is 4.31. The molecule has 1 unspecified atom stereocenters. The van der Waals surface area contributed by atoms with Crippen molar-refractivity contribution in [2.45, 2.75) is 32.4 Å². The van der Waals surface area contributed by atoms with Crippen LogP contribution in [0.15, 0.2) is 24.3 Å². The zero-order valence-electron chi connectivity index (χ0n) is 11.2. The molecule has 0 aliphatic carbocycles. The molecule has 2 aromatic rings. The van der Waals surface area contributed by atoms with E-state index in [0.29, 0.717) is 0 Å². The Morgan fingerprint density at radius 1 is 1.39 bits per heavy atom. The first-order valence-electron chi connectivity index (χ1n) is 6.45. The maximum Gasteiger partial charge on any atom is 0.126 e.